The van der Waals surface area contributed by atoms with Crippen LogP contribution in [-0.2, 0) is 14.8 Å². The van der Waals surface area contributed by atoms with E-state index < -0.39 is 22.5 Å². The number of aryl methyl sites for hydroxylation is 1. The fourth-order valence-corrected chi connectivity index (χ4v) is 6.17. The second-order valence-corrected chi connectivity index (χ2v) is 11.1. The van der Waals surface area contributed by atoms with Gasteiger partial charge in [-0.15, -0.1) is 0 Å². The van der Waals surface area contributed by atoms with Gasteiger partial charge in [-0.05, 0) is 70.4 Å². The van der Waals surface area contributed by atoms with Crippen LogP contribution in [0.2, 0.25) is 5.02 Å². The lowest BCUT2D eigenvalue weighted by Gasteiger charge is -2.25. The summed E-state index contributed by atoms with van der Waals surface area (Å²) in [5.41, 5.74) is 4.36. The topological polar surface area (TPSA) is 78.8 Å². The average Bonchev–Trinajstić information content (AvgIpc) is 2.92. The van der Waals surface area contributed by atoms with Gasteiger partial charge in [-0.3, -0.25) is 9.10 Å². The van der Waals surface area contributed by atoms with Crippen molar-refractivity contribution in [2.24, 2.45) is 5.10 Å². The summed E-state index contributed by atoms with van der Waals surface area (Å²) in [6.07, 6.45) is 1.60. The zero-order valence-electron chi connectivity index (χ0n) is 20.5. The van der Waals surface area contributed by atoms with Gasteiger partial charge in [0.25, 0.3) is 15.9 Å². The Morgan fingerprint density at radius 2 is 1.47 bits per heavy atom. The molecule has 0 aromatic heterocycles. The minimum Gasteiger partial charge on any atom is -0.271 e. The van der Waals surface area contributed by atoms with Crippen LogP contribution in [0.3, 0.4) is 0 Å². The van der Waals surface area contributed by atoms with Crippen molar-refractivity contribution in [2.75, 3.05) is 10.8 Å². The first-order chi connectivity index (χ1) is 18.3. The van der Waals surface area contributed by atoms with Crippen LogP contribution < -0.4 is 9.73 Å². The molecule has 6 nitrogen and oxygen atoms in total. The van der Waals surface area contributed by atoms with Crippen molar-refractivity contribution in [2.45, 2.75) is 11.8 Å². The number of carbonyl (C=O) groups is 1. The molecule has 5 aromatic carbocycles. The molecule has 0 aliphatic heterocycles. The third-order valence-corrected chi connectivity index (χ3v) is 8.25. The Balaban J connectivity index is 1.46. The first-order valence-corrected chi connectivity index (χ1v) is 13.7. The van der Waals surface area contributed by atoms with E-state index in [4.69, 9.17) is 11.6 Å². The Morgan fingerprint density at radius 1 is 0.868 bits per heavy atom. The van der Waals surface area contributed by atoms with Crippen molar-refractivity contribution in [3.8, 4) is 0 Å². The van der Waals surface area contributed by atoms with Gasteiger partial charge in [0.2, 0.25) is 0 Å². The van der Waals surface area contributed by atoms with Gasteiger partial charge in [0, 0.05) is 10.6 Å². The molecule has 0 saturated carbocycles. The number of nitrogens with zero attached hydrogens (tertiary/aromatic N) is 2. The summed E-state index contributed by atoms with van der Waals surface area (Å²) >= 11 is 6.10. The Bertz CT molecular complexity index is 1730. The molecule has 0 spiro atoms. The largest absolute Gasteiger partial charge is 0.271 e. The van der Waals surface area contributed by atoms with Crippen molar-refractivity contribution in [1.82, 2.24) is 5.43 Å². The van der Waals surface area contributed by atoms with Crippen molar-refractivity contribution < 1.29 is 13.2 Å². The maximum absolute atomic E-state index is 13.6. The average molecular weight is 542 g/mol. The highest BCUT2D eigenvalue weighted by atomic mass is 35.5. The number of halogens is 1. The fraction of sp³-hybridized carbons (Fsp3) is 0.0667. The molecule has 0 heterocycles. The van der Waals surface area contributed by atoms with Crippen LogP contribution >= 0.6 is 11.6 Å². The maximum Gasteiger partial charge on any atom is 0.264 e. The third kappa shape index (κ3) is 5.11. The summed E-state index contributed by atoms with van der Waals surface area (Å²) < 4.78 is 28.2. The number of rotatable bonds is 7. The first-order valence-electron chi connectivity index (χ1n) is 11.9. The predicted molar refractivity (Wildman–Crippen MR) is 154 cm³/mol. The quantitative estimate of drug-likeness (QED) is 0.149. The molecule has 0 saturated heterocycles. The number of hydrogen-bond acceptors (Lipinski definition) is 4. The molecule has 5 rings (SSSR count). The zero-order valence-corrected chi connectivity index (χ0v) is 22.1. The van der Waals surface area contributed by atoms with Gasteiger partial charge in [-0.1, -0.05) is 78.3 Å². The highest BCUT2D eigenvalue weighted by Crippen LogP contribution is 2.29. The number of benzene rings is 5. The van der Waals surface area contributed by atoms with Gasteiger partial charge < -0.3 is 0 Å². The Morgan fingerprint density at radius 3 is 2.11 bits per heavy atom. The molecule has 0 atom stereocenters. The molecule has 38 heavy (non-hydrogen) atoms. The van der Waals surface area contributed by atoms with E-state index in [1.165, 1.54) is 12.1 Å². The molecule has 1 N–H and O–H groups in total. The van der Waals surface area contributed by atoms with Crippen LogP contribution in [0.15, 0.2) is 113 Å². The lowest BCUT2D eigenvalue weighted by atomic mass is 9.97. The van der Waals surface area contributed by atoms with Crippen molar-refractivity contribution >= 4 is 61.0 Å². The second-order valence-electron chi connectivity index (χ2n) is 8.78. The Kier molecular flexibility index (Phi) is 7.13. The molecule has 0 aliphatic carbocycles. The number of amides is 1. The molecule has 8 heteroatoms. The molecule has 0 aliphatic rings. The number of hydrogen-bond donors (Lipinski definition) is 1. The molecule has 190 valence electrons. The molecule has 0 unspecified atom stereocenters. The van der Waals surface area contributed by atoms with Gasteiger partial charge in [0.1, 0.15) is 6.54 Å². The molecular weight excluding hydrogens is 518 g/mol. The van der Waals surface area contributed by atoms with E-state index in [1.807, 2.05) is 48.5 Å². The van der Waals surface area contributed by atoms with E-state index >= 15 is 0 Å². The van der Waals surface area contributed by atoms with E-state index in [2.05, 4.69) is 16.6 Å². The van der Waals surface area contributed by atoms with E-state index in [0.717, 1.165) is 31.4 Å². The number of sulfonamides is 1. The lowest BCUT2D eigenvalue weighted by Crippen LogP contribution is -2.40. The number of nitrogens with one attached hydrogen (secondary N) is 1. The third-order valence-electron chi connectivity index (χ3n) is 6.24. The van der Waals surface area contributed by atoms with Crippen LogP contribution in [0.1, 0.15) is 11.1 Å². The van der Waals surface area contributed by atoms with Gasteiger partial charge in [0.15, 0.2) is 0 Å². The van der Waals surface area contributed by atoms with Gasteiger partial charge in [-0.25, -0.2) is 13.8 Å². The van der Waals surface area contributed by atoms with Crippen LogP contribution in [0.5, 0.6) is 0 Å². The Labute approximate surface area is 226 Å². The second kappa shape index (κ2) is 10.7. The smallest absolute Gasteiger partial charge is 0.264 e. The summed E-state index contributed by atoms with van der Waals surface area (Å²) in [6, 6.07) is 30.9. The molecule has 0 bridgehead atoms. The van der Waals surface area contributed by atoms with Gasteiger partial charge in [-0.2, -0.15) is 5.10 Å². The maximum atomic E-state index is 13.6. The van der Waals surface area contributed by atoms with Crippen molar-refractivity contribution in [1.29, 1.82) is 0 Å². The fourth-order valence-electron chi connectivity index (χ4n) is 4.44. The highest BCUT2D eigenvalue weighted by molar-refractivity contribution is 7.92. The molecule has 5 aromatic rings. The molecular formula is C30H24ClN3O3S. The van der Waals surface area contributed by atoms with Crippen LogP contribution in [0.4, 0.5) is 5.69 Å². The minimum atomic E-state index is -4.04. The van der Waals surface area contributed by atoms with E-state index in [0.29, 0.717) is 16.3 Å². The van der Waals surface area contributed by atoms with Gasteiger partial charge >= 0.3 is 0 Å². The monoisotopic (exact) mass is 541 g/mol. The summed E-state index contributed by atoms with van der Waals surface area (Å²) in [5.74, 6) is -0.584. The number of carbonyl (C=O) groups excluding carboxylic acids is 1. The lowest BCUT2D eigenvalue weighted by molar-refractivity contribution is -0.119. The number of hydrazone groups is 1. The summed E-state index contributed by atoms with van der Waals surface area (Å²) in [7, 11) is -4.04. The molecule has 0 fully saturated rings. The molecule has 0 radical (unpaired) electrons. The zero-order chi connectivity index (χ0) is 26.7. The normalized spacial score (nSPS) is 11.7. The van der Waals surface area contributed by atoms with Gasteiger partial charge in [0.05, 0.1) is 16.8 Å². The van der Waals surface area contributed by atoms with Crippen LogP contribution in [0, 0.1) is 6.92 Å². The minimum absolute atomic E-state index is 0.0767. The van der Waals surface area contributed by atoms with Crippen LogP contribution in [0.25, 0.3) is 21.5 Å². The standard InChI is InChI=1S/C30H24ClN3O3S/c1-21-17-24(31)15-16-29(21)34(38(36,37)25-11-3-2-4-12-25)20-30(35)33-32-19-28-26-13-7-5-9-22(26)18-23-10-6-8-14-27(23)28/h2-19H,20H2,1H3,(H,33,35)/b32-19-. The summed E-state index contributed by atoms with van der Waals surface area (Å²) in [6.45, 7) is 1.28. The Hall–Kier alpha value is -4.20. The first kappa shape index (κ1) is 25.4. The van der Waals surface area contributed by atoms with Crippen LogP contribution in [-0.4, -0.2) is 27.1 Å². The summed E-state index contributed by atoms with van der Waals surface area (Å²) in [4.78, 5) is 13.1. The number of anilines is 1. The van der Waals surface area contributed by atoms with E-state index in [-0.39, 0.29) is 4.90 Å². The van der Waals surface area contributed by atoms with E-state index in [9.17, 15) is 13.2 Å². The molecule has 1 amide bonds. The van der Waals surface area contributed by atoms with Crippen molar-refractivity contribution in [3.63, 3.8) is 0 Å². The highest BCUT2D eigenvalue weighted by Gasteiger charge is 2.28. The SMILES string of the molecule is Cc1cc(Cl)ccc1N(CC(=O)N/N=C\c1c2ccccc2cc2ccccc12)S(=O)(=O)c1ccccc1. The van der Waals surface area contributed by atoms with Crippen molar-refractivity contribution in [3.05, 3.63) is 119 Å². The summed E-state index contributed by atoms with van der Waals surface area (Å²) in [5, 5.41) is 8.78. The predicted octanol–water partition coefficient (Wildman–Crippen LogP) is 6.30. The number of fused-ring (bicyclic) bond motifs is 2. The van der Waals surface area contributed by atoms with E-state index in [1.54, 1.807) is 49.5 Å².